The van der Waals surface area contributed by atoms with Crippen molar-refractivity contribution in [2.45, 2.75) is 64.7 Å². The van der Waals surface area contributed by atoms with Gasteiger partial charge in [-0.1, -0.05) is 26.7 Å². The van der Waals surface area contributed by atoms with Crippen molar-refractivity contribution in [3.63, 3.8) is 0 Å². The first-order valence-electron chi connectivity index (χ1n) is 7.47. The number of hydrogen-bond donors (Lipinski definition) is 1. The Morgan fingerprint density at radius 2 is 1.84 bits per heavy atom. The zero-order chi connectivity index (χ0) is 13.8. The van der Waals surface area contributed by atoms with E-state index in [1.807, 2.05) is 0 Å². The molecule has 1 fully saturated rings. The van der Waals surface area contributed by atoms with Crippen molar-refractivity contribution in [2.24, 2.45) is 5.92 Å². The molecule has 3 nitrogen and oxygen atoms in total. The molecule has 1 saturated carbocycles. The number of aromatic nitrogens is 2. The Morgan fingerprint density at radius 3 is 2.42 bits per heavy atom. The topological polar surface area (TPSA) is 51.8 Å². The van der Waals surface area contributed by atoms with E-state index >= 15 is 0 Å². The van der Waals surface area contributed by atoms with E-state index in [-0.39, 0.29) is 0 Å². The fourth-order valence-corrected chi connectivity index (χ4v) is 3.69. The summed E-state index contributed by atoms with van der Waals surface area (Å²) in [6.45, 7) is 4.41. The van der Waals surface area contributed by atoms with Gasteiger partial charge in [-0.3, -0.25) is 0 Å². The number of halogens is 1. The quantitative estimate of drug-likeness (QED) is 0.801. The van der Waals surface area contributed by atoms with Gasteiger partial charge in [0.05, 0.1) is 9.26 Å². The third-order valence-electron chi connectivity index (χ3n) is 4.21. The number of anilines is 1. The summed E-state index contributed by atoms with van der Waals surface area (Å²) in [5.74, 6) is 3.11. The van der Waals surface area contributed by atoms with Gasteiger partial charge in [-0.25, -0.2) is 9.97 Å². The second-order valence-corrected chi connectivity index (χ2v) is 6.67. The van der Waals surface area contributed by atoms with E-state index in [4.69, 9.17) is 10.7 Å². The Kier molecular flexibility index (Phi) is 5.42. The highest BCUT2D eigenvalue weighted by molar-refractivity contribution is 14.1. The highest BCUT2D eigenvalue weighted by Gasteiger charge is 2.24. The van der Waals surface area contributed by atoms with Crippen molar-refractivity contribution in [3.8, 4) is 0 Å². The van der Waals surface area contributed by atoms with Crippen LogP contribution in [0, 0.1) is 9.49 Å². The van der Waals surface area contributed by atoms with E-state index in [1.165, 1.54) is 38.5 Å². The van der Waals surface area contributed by atoms with Crippen LogP contribution in [0.1, 0.15) is 69.8 Å². The molecule has 0 unspecified atom stereocenters. The van der Waals surface area contributed by atoms with Gasteiger partial charge in [0.1, 0.15) is 11.6 Å². The Morgan fingerprint density at radius 1 is 1.16 bits per heavy atom. The molecule has 0 bridgehead atoms. The molecule has 1 aliphatic carbocycles. The monoisotopic (exact) mass is 373 g/mol. The number of rotatable bonds is 4. The van der Waals surface area contributed by atoms with Crippen LogP contribution in [0.3, 0.4) is 0 Å². The molecule has 2 rings (SSSR count). The van der Waals surface area contributed by atoms with Crippen LogP contribution in [0.15, 0.2) is 0 Å². The average molecular weight is 373 g/mol. The molecule has 4 heteroatoms. The average Bonchev–Trinajstić information content (AvgIpc) is 2.43. The van der Waals surface area contributed by atoms with Gasteiger partial charge in [-0.15, -0.1) is 0 Å². The number of hydrogen-bond acceptors (Lipinski definition) is 3. The molecule has 1 aromatic heterocycles. The molecule has 0 saturated heterocycles. The number of nitrogens with zero attached hydrogens (tertiary/aromatic N) is 2. The maximum atomic E-state index is 6.02. The third kappa shape index (κ3) is 3.58. The fraction of sp³-hybridized carbons (Fsp3) is 0.733. The first-order valence-corrected chi connectivity index (χ1v) is 8.55. The fourth-order valence-electron chi connectivity index (χ4n) is 3.07. The van der Waals surface area contributed by atoms with E-state index in [2.05, 4.69) is 41.4 Å². The van der Waals surface area contributed by atoms with Gasteiger partial charge < -0.3 is 5.73 Å². The second-order valence-electron chi connectivity index (χ2n) is 5.59. The Hall–Kier alpha value is -0.390. The zero-order valence-corrected chi connectivity index (χ0v) is 14.1. The normalized spacial score (nSPS) is 23.5. The van der Waals surface area contributed by atoms with Crippen LogP contribution in [0.25, 0.3) is 0 Å². The molecule has 0 atom stereocenters. The largest absolute Gasteiger partial charge is 0.383 e. The zero-order valence-electron chi connectivity index (χ0n) is 12.0. The Balaban J connectivity index is 2.09. The van der Waals surface area contributed by atoms with E-state index in [1.54, 1.807) is 0 Å². The Labute approximate surface area is 129 Å². The predicted octanol–water partition coefficient (Wildman–Crippen LogP) is 4.30. The first kappa shape index (κ1) is 15.0. The van der Waals surface area contributed by atoms with Gasteiger partial charge in [-0.05, 0) is 60.6 Å². The van der Waals surface area contributed by atoms with E-state index in [0.29, 0.717) is 11.7 Å². The van der Waals surface area contributed by atoms with Gasteiger partial charge in [0.25, 0.3) is 0 Å². The molecule has 1 heterocycles. The highest BCUT2D eigenvalue weighted by Crippen LogP contribution is 2.36. The minimum absolute atomic E-state index is 0.526. The van der Waals surface area contributed by atoms with Crippen LogP contribution in [-0.4, -0.2) is 9.97 Å². The maximum absolute atomic E-state index is 6.02. The molecular weight excluding hydrogens is 349 g/mol. The molecule has 0 radical (unpaired) electrons. The van der Waals surface area contributed by atoms with Gasteiger partial charge >= 0.3 is 0 Å². The molecule has 1 aliphatic rings. The summed E-state index contributed by atoms with van der Waals surface area (Å²) in [5.41, 5.74) is 7.13. The molecule has 0 spiro atoms. The lowest BCUT2D eigenvalue weighted by molar-refractivity contribution is 0.302. The third-order valence-corrected chi connectivity index (χ3v) is 5.38. The lowest BCUT2D eigenvalue weighted by atomic mass is 9.80. The first-order chi connectivity index (χ1) is 9.15. The molecule has 1 aromatic rings. The standard InChI is InChI=1S/C15H24IN3/c1-3-5-10-6-8-11(9-7-10)15-18-12(4-2)13(16)14(17)19-15/h10-11H,3-9H2,1-2H3,(H2,17,18,19). The summed E-state index contributed by atoms with van der Waals surface area (Å²) in [6.07, 6.45) is 8.74. The van der Waals surface area contributed by atoms with Gasteiger partial charge in [-0.2, -0.15) is 0 Å². The highest BCUT2D eigenvalue weighted by atomic mass is 127. The van der Waals surface area contributed by atoms with Crippen molar-refractivity contribution in [1.29, 1.82) is 0 Å². The van der Waals surface area contributed by atoms with Crippen LogP contribution < -0.4 is 5.73 Å². The SMILES string of the molecule is CCCC1CCC(c2nc(N)c(I)c(CC)n2)CC1. The number of aryl methyl sites for hydroxylation is 1. The molecule has 106 valence electrons. The maximum Gasteiger partial charge on any atom is 0.140 e. The van der Waals surface area contributed by atoms with Crippen molar-refractivity contribution in [1.82, 2.24) is 9.97 Å². The lowest BCUT2D eigenvalue weighted by Gasteiger charge is -2.27. The summed E-state index contributed by atoms with van der Waals surface area (Å²) < 4.78 is 1.03. The smallest absolute Gasteiger partial charge is 0.140 e. The van der Waals surface area contributed by atoms with Crippen LogP contribution in [0.2, 0.25) is 0 Å². The molecule has 0 aromatic carbocycles. The number of nitrogen functional groups attached to an aromatic ring is 1. The molecule has 2 N–H and O–H groups in total. The summed E-state index contributed by atoms with van der Waals surface area (Å²) in [6, 6.07) is 0. The van der Waals surface area contributed by atoms with Crippen LogP contribution in [0.4, 0.5) is 5.82 Å². The summed E-state index contributed by atoms with van der Waals surface area (Å²) in [4.78, 5) is 9.28. The van der Waals surface area contributed by atoms with Crippen molar-refractivity contribution in [3.05, 3.63) is 15.1 Å². The lowest BCUT2D eigenvalue weighted by Crippen LogP contribution is -2.17. The van der Waals surface area contributed by atoms with Gasteiger partial charge in [0, 0.05) is 5.92 Å². The van der Waals surface area contributed by atoms with Crippen LogP contribution >= 0.6 is 22.6 Å². The minimum atomic E-state index is 0.526. The van der Waals surface area contributed by atoms with Crippen LogP contribution in [0.5, 0.6) is 0 Å². The summed E-state index contributed by atoms with van der Waals surface area (Å²) in [5, 5.41) is 0. The van der Waals surface area contributed by atoms with E-state index in [9.17, 15) is 0 Å². The molecular formula is C15H24IN3. The summed E-state index contributed by atoms with van der Waals surface area (Å²) in [7, 11) is 0. The molecule has 0 amide bonds. The van der Waals surface area contributed by atoms with Gasteiger partial charge in [0.2, 0.25) is 0 Å². The van der Waals surface area contributed by atoms with E-state index in [0.717, 1.165) is 27.4 Å². The second kappa shape index (κ2) is 6.86. The Bertz CT molecular complexity index is 426. The molecule has 19 heavy (non-hydrogen) atoms. The predicted molar refractivity (Wildman–Crippen MR) is 88.1 cm³/mol. The summed E-state index contributed by atoms with van der Waals surface area (Å²) >= 11 is 2.26. The van der Waals surface area contributed by atoms with Crippen molar-refractivity contribution < 1.29 is 0 Å². The van der Waals surface area contributed by atoms with Crippen LogP contribution in [-0.2, 0) is 6.42 Å². The van der Waals surface area contributed by atoms with Crippen molar-refractivity contribution in [2.75, 3.05) is 5.73 Å². The van der Waals surface area contributed by atoms with Gasteiger partial charge in [0.15, 0.2) is 0 Å². The van der Waals surface area contributed by atoms with Crippen molar-refractivity contribution >= 4 is 28.4 Å². The van der Waals surface area contributed by atoms with E-state index < -0.39 is 0 Å². The minimum Gasteiger partial charge on any atom is -0.383 e. The number of nitrogens with two attached hydrogens (primary N) is 1. The molecule has 0 aliphatic heterocycles.